The molecule has 0 radical (unpaired) electrons. The summed E-state index contributed by atoms with van der Waals surface area (Å²) in [5.41, 5.74) is 1.69. The average Bonchev–Trinajstić information content (AvgIpc) is 2.46. The number of nitrogens with zero attached hydrogens (tertiary/aromatic N) is 2. The molecule has 0 bridgehead atoms. The molecule has 2 aromatic rings. The van der Waals surface area contributed by atoms with Crippen LogP contribution in [0.15, 0.2) is 16.5 Å². The molecular formula is C8H10N2O4S2. The third-order valence-electron chi connectivity index (χ3n) is 1.96. The van der Waals surface area contributed by atoms with Crippen molar-refractivity contribution < 1.29 is 22.8 Å². The van der Waals surface area contributed by atoms with E-state index in [1.807, 2.05) is 19.9 Å². The standard InChI is InChI=1S/C8H8N2O3S2.H2O/c1-5-3-6(2)10-4-7(15(11,12)13)14-8(10)9-5;/h3-4H,1-2H3;1H2. The molecule has 0 fully saturated rings. The Hall–Kier alpha value is -1.09. The van der Waals surface area contributed by atoms with Crippen molar-refractivity contribution >= 4 is 26.4 Å². The van der Waals surface area contributed by atoms with Gasteiger partial charge in [-0.3, -0.25) is 4.55 Å². The summed E-state index contributed by atoms with van der Waals surface area (Å²) < 4.78 is 32.3. The van der Waals surface area contributed by atoms with E-state index in [-0.39, 0.29) is 9.69 Å². The van der Waals surface area contributed by atoms with Crippen LogP contribution in [0.25, 0.3) is 4.96 Å². The highest BCUT2D eigenvalue weighted by Gasteiger charge is 2.21. The van der Waals surface area contributed by atoms with E-state index in [9.17, 15) is 8.42 Å². The minimum absolute atomic E-state index is 0. The second kappa shape index (κ2) is 4.06. The van der Waals surface area contributed by atoms with Crippen molar-refractivity contribution in [1.82, 2.24) is 4.98 Å². The SMILES string of the molecule is Cc1cc(C)[n+]2cc(S(=O)(=O)O)sc2n1.[OH-]. The van der Waals surface area contributed by atoms with Gasteiger partial charge in [0.15, 0.2) is 9.90 Å². The summed E-state index contributed by atoms with van der Waals surface area (Å²) >= 11 is 0.946. The molecule has 0 aromatic carbocycles. The Morgan fingerprint density at radius 2 is 2.06 bits per heavy atom. The van der Waals surface area contributed by atoms with Gasteiger partial charge in [0, 0.05) is 13.0 Å². The van der Waals surface area contributed by atoms with E-state index in [1.54, 1.807) is 4.40 Å². The van der Waals surface area contributed by atoms with Gasteiger partial charge in [-0.1, -0.05) is 0 Å². The minimum Gasteiger partial charge on any atom is -0.870 e. The zero-order valence-corrected chi connectivity index (χ0v) is 10.2. The summed E-state index contributed by atoms with van der Waals surface area (Å²) in [4.78, 5) is 4.73. The maximum absolute atomic E-state index is 10.9. The molecule has 0 spiro atoms. The number of hydrogen-bond acceptors (Lipinski definition) is 5. The lowest BCUT2D eigenvalue weighted by Crippen LogP contribution is -2.23. The predicted octanol–water partition coefficient (Wildman–Crippen LogP) is 0.569. The maximum Gasteiger partial charge on any atom is 0.388 e. The van der Waals surface area contributed by atoms with Gasteiger partial charge in [0.05, 0.1) is 0 Å². The summed E-state index contributed by atoms with van der Waals surface area (Å²) in [7, 11) is -4.14. The van der Waals surface area contributed by atoms with E-state index in [4.69, 9.17) is 4.55 Å². The van der Waals surface area contributed by atoms with E-state index in [0.29, 0.717) is 4.96 Å². The van der Waals surface area contributed by atoms with Crippen molar-refractivity contribution in [2.45, 2.75) is 18.1 Å². The largest absolute Gasteiger partial charge is 0.870 e. The van der Waals surface area contributed by atoms with Crippen molar-refractivity contribution in [2.24, 2.45) is 0 Å². The lowest BCUT2D eigenvalue weighted by molar-refractivity contribution is -0.519. The Morgan fingerprint density at radius 3 is 2.62 bits per heavy atom. The van der Waals surface area contributed by atoms with Gasteiger partial charge in [0.1, 0.15) is 11.9 Å². The van der Waals surface area contributed by atoms with E-state index < -0.39 is 10.1 Å². The first-order valence-electron chi connectivity index (χ1n) is 4.15. The van der Waals surface area contributed by atoms with E-state index >= 15 is 0 Å². The van der Waals surface area contributed by atoms with Crippen molar-refractivity contribution in [3.05, 3.63) is 23.7 Å². The monoisotopic (exact) mass is 262 g/mol. The number of rotatable bonds is 1. The smallest absolute Gasteiger partial charge is 0.388 e. The zero-order chi connectivity index (χ0) is 11.2. The fourth-order valence-electron chi connectivity index (χ4n) is 1.33. The number of aryl methyl sites for hydroxylation is 2. The molecule has 0 unspecified atom stereocenters. The number of aromatic nitrogens is 2. The molecule has 2 N–H and O–H groups in total. The Labute approximate surface area is 96.3 Å². The molecule has 2 heterocycles. The minimum atomic E-state index is -4.14. The van der Waals surface area contributed by atoms with Crippen LogP contribution in [0.3, 0.4) is 0 Å². The Bertz CT molecular complexity index is 633. The molecule has 8 heteroatoms. The first-order valence-corrected chi connectivity index (χ1v) is 6.40. The van der Waals surface area contributed by atoms with Gasteiger partial charge in [-0.15, -0.1) is 0 Å². The molecule has 88 valence electrons. The summed E-state index contributed by atoms with van der Waals surface area (Å²) in [6.45, 7) is 3.68. The molecule has 6 nitrogen and oxygen atoms in total. The van der Waals surface area contributed by atoms with Crippen molar-refractivity contribution in [1.29, 1.82) is 0 Å². The molecule has 0 aliphatic carbocycles. The maximum atomic E-state index is 10.9. The Morgan fingerprint density at radius 1 is 1.44 bits per heavy atom. The quantitative estimate of drug-likeness (QED) is 0.598. The van der Waals surface area contributed by atoms with Crippen LogP contribution < -0.4 is 4.40 Å². The van der Waals surface area contributed by atoms with Crippen LogP contribution in [0, 0.1) is 13.8 Å². The highest BCUT2D eigenvalue weighted by Crippen LogP contribution is 2.17. The van der Waals surface area contributed by atoms with Crippen molar-refractivity contribution in [3.8, 4) is 0 Å². The number of fused-ring (bicyclic) bond motifs is 1. The molecule has 0 aliphatic rings. The predicted molar refractivity (Wildman–Crippen MR) is 56.5 cm³/mol. The van der Waals surface area contributed by atoms with Gasteiger partial charge in [-0.25, -0.2) is 0 Å². The summed E-state index contributed by atoms with van der Waals surface area (Å²) in [5.74, 6) is 0. The topological polar surface area (TPSA) is 101 Å². The van der Waals surface area contributed by atoms with Crippen LogP contribution in [-0.2, 0) is 10.1 Å². The highest BCUT2D eigenvalue weighted by molar-refractivity contribution is 7.88. The molecule has 2 aromatic heterocycles. The first-order chi connectivity index (χ1) is 6.88. The summed E-state index contributed by atoms with van der Waals surface area (Å²) in [6.07, 6.45) is 1.37. The Kier molecular flexibility index (Phi) is 3.29. The molecule has 0 amide bonds. The average molecular weight is 262 g/mol. The van der Waals surface area contributed by atoms with E-state index in [1.165, 1.54) is 6.20 Å². The second-order valence-corrected chi connectivity index (χ2v) is 5.87. The Balaban J connectivity index is 0.00000128. The number of hydrogen-bond donors (Lipinski definition) is 1. The third kappa shape index (κ3) is 2.19. The van der Waals surface area contributed by atoms with Crippen LogP contribution in [-0.4, -0.2) is 23.4 Å². The molecule has 0 saturated heterocycles. The normalized spacial score (nSPS) is 11.4. The molecule has 2 rings (SSSR count). The van der Waals surface area contributed by atoms with Crippen LogP contribution in [0.1, 0.15) is 11.4 Å². The summed E-state index contributed by atoms with van der Waals surface area (Å²) in [5, 5.41) is 0. The van der Waals surface area contributed by atoms with Crippen LogP contribution in [0.2, 0.25) is 0 Å². The fourth-order valence-corrected chi connectivity index (χ4v) is 3.04. The molecule has 0 saturated carbocycles. The lowest BCUT2D eigenvalue weighted by atomic mass is 10.3. The van der Waals surface area contributed by atoms with Crippen LogP contribution in [0.4, 0.5) is 0 Å². The van der Waals surface area contributed by atoms with E-state index in [0.717, 1.165) is 22.7 Å². The first kappa shape index (κ1) is 13.0. The van der Waals surface area contributed by atoms with Gasteiger partial charge >= 0.3 is 15.1 Å². The van der Waals surface area contributed by atoms with Gasteiger partial charge in [-0.05, 0) is 23.2 Å². The van der Waals surface area contributed by atoms with Crippen LogP contribution in [0.5, 0.6) is 0 Å². The lowest BCUT2D eigenvalue weighted by Gasteiger charge is -1.89. The fraction of sp³-hybridized carbons (Fsp3) is 0.250. The van der Waals surface area contributed by atoms with Crippen LogP contribution >= 0.6 is 11.3 Å². The molecular weight excluding hydrogens is 252 g/mol. The summed E-state index contributed by atoms with van der Waals surface area (Å²) in [6, 6.07) is 1.84. The van der Waals surface area contributed by atoms with Crippen molar-refractivity contribution in [3.63, 3.8) is 0 Å². The number of thiazole rings is 1. The van der Waals surface area contributed by atoms with Crippen molar-refractivity contribution in [2.75, 3.05) is 0 Å². The zero-order valence-electron chi connectivity index (χ0n) is 8.58. The van der Waals surface area contributed by atoms with E-state index in [2.05, 4.69) is 4.98 Å². The second-order valence-electron chi connectivity index (χ2n) is 3.22. The third-order valence-corrected chi connectivity index (χ3v) is 4.23. The highest BCUT2D eigenvalue weighted by atomic mass is 32.3. The van der Waals surface area contributed by atoms with Gasteiger partial charge in [-0.2, -0.15) is 12.8 Å². The van der Waals surface area contributed by atoms with Gasteiger partial charge in [0.2, 0.25) is 0 Å². The molecule has 0 atom stereocenters. The van der Waals surface area contributed by atoms with Gasteiger partial charge < -0.3 is 5.48 Å². The molecule has 16 heavy (non-hydrogen) atoms. The van der Waals surface area contributed by atoms with Gasteiger partial charge in [0.25, 0.3) is 0 Å². The molecule has 0 aliphatic heterocycles.